The standard InChI is InChI=1S/C17H19NO3/c1-18(2)11-13-3-5-14(6-4-13)15-7-9-16(10-8-15)21-12-17(19)20/h3-10H,11-12H2,1-2H3,(H,19,20). The van der Waals surface area contributed by atoms with Crippen molar-refractivity contribution in [2.45, 2.75) is 6.54 Å². The van der Waals surface area contributed by atoms with Crippen LogP contribution < -0.4 is 4.74 Å². The van der Waals surface area contributed by atoms with E-state index in [1.54, 1.807) is 12.1 Å². The molecule has 1 N–H and O–H groups in total. The van der Waals surface area contributed by atoms with Gasteiger partial charge in [-0.15, -0.1) is 0 Å². The summed E-state index contributed by atoms with van der Waals surface area (Å²) in [6.45, 7) is 0.598. The van der Waals surface area contributed by atoms with E-state index in [0.29, 0.717) is 5.75 Å². The van der Waals surface area contributed by atoms with Gasteiger partial charge in [0, 0.05) is 6.54 Å². The zero-order chi connectivity index (χ0) is 15.2. The number of hydrogen-bond acceptors (Lipinski definition) is 3. The summed E-state index contributed by atoms with van der Waals surface area (Å²) < 4.78 is 5.12. The lowest BCUT2D eigenvalue weighted by Gasteiger charge is -2.10. The summed E-state index contributed by atoms with van der Waals surface area (Å²) in [5.74, 6) is -0.416. The molecular formula is C17H19NO3. The molecule has 0 aliphatic carbocycles. The number of benzene rings is 2. The number of hydrogen-bond donors (Lipinski definition) is 1. The molecule has 0 atom stereocenters. The van der Waals surface area contributed by atoms with Crippen molar-refractivity contribution < 1.29 is 14.6 Å². The van der Waals surface area contributed by atoms with Gasteiger partial charge in [0.15, 0.2) is 6.61 Å². The van der Waals surface area contributed by atoms with Crippen molar-refractivity contribution in [3.05, 3.63) is 54.1 Å². The van der Waals surface area contributed by atoms with Crippen molar-refractivity contribution >= 4 is 5.97 Å². The summed E-state index contributed by atoms with van der Waals surface area (Å²) in [6, 6.07) is 15.8. The zero-order valence-electron chi connectivity index (χ0n) is 12.2. The van der Waals surface area contributed by atoms with Gasteiger partial charge in [-0.2, -0.15) is 0 Å². The average Bonchev–Trinajstić information content (AvgIpc) is 2.46. The quantitative estimate of drug-likeness (QED) is 0.886. The minimum Gasteiger partial charge on any atom is -0.482 e. The third-order valence-electron chi connectivity index (χ3n) is 3.00. The Hall–Kier alpha value is -2.33. The van der Waals surface area contributed by atoms with Crippen LogP contribution in [0.3, 0.4) is 0 Å². The molecule has 0 unspecified atom stereocenters. The Kier molecular flexibility index (Phi) is 4.95. The first-order chi connectivity index (χ1) is 10.0. The summed E-state index contributed by atoms with van der Waals surface area (Å²) in [6.07, 6.45) is 0. The molecule has 4 heteroatoms. The first-order valence-electron chi connectivity index (χ1n) is 6.73. The van der Waals surface area contributed by atoms with Crippen LogP contribution in [0.2, 0.25) is 0 Å². The second-order valence-electron chi connectivity index (χ2n) is 5.14. The van der Waals surface area contributed by atoms with E-state index < -0.39 is 5.97 Å². The van der Waals surface area contributed by atoms with E-state index in [9.17, 15) is 4.79 Å². The first kappa shape index (κ1) is 15.1. The van der Waals surface area contributed by atoms with Gasteiger partial charge in [-0.3, -0.25) is 0 Å². The van der Waals surface area contributed by atoms with Crippen LogP contribution in [-0.2, 0) is 11.3 Å². The Labute approximate surface area is 124 Å². The van der Waals surface area contributed by atoms with Gasteiger partial charge in [-0.1, -0.05) is 36.4 Å². The fourth-order valence-electron chi connectivity index (χ4n) is 2.06. The van der Waals surface area contributed by atoms with E-state index in [2.05, 4.69) is 29.2 Å². The largest absolute Gasteiger partial charge is 0.482 e. The second kappa shape index (κ2) is 6.90. The Balaban J connectivity index is 2.06. The lowest BCUT2D eigenvalue weighted by atomic mass is 10.0. The number of aliphatic carboxylic acids is 1. The topological polar surface area (TPSA) is 49.8 Å². The van der Waals surface area contributed by atoms with Crippen molar-refractivity contribution in [2.75, 3.05) is 20.7 Å². The van der Waals surface area contributed by atoms with Crippen molar-refractivity contribution in [1.29, 1.82) is 0 Å². The maximum absolute atomic E-state index is 10.4. The summed E-state index contributed by atoms with van der Waals surface area (Å²) in [7, 11) is 4.09. The predicted molar refractivity (Wildman–Crippen MR) is 82.4 cm³/mol. The predicted octanol–water partition coefficient (Wildman–Crippen LogP) is 2.88. The van der Waals surface area contributed by atoms with Gasteiger partial charge >= 0.3 is 5.97 Å². The van der Waals surface area contributed by atoms with E-state index in [0.717, 1.165) is 17.7 Å². The molecule has 0 aliphatic heterocycles. The SMILES string of the molecule is CN(C)Cc1ccc(-c2ccc(OCC(=O)O)cc2)cc1. The molecule has 110 valence electrons. The van der Waals surface area contributed by atoms with Crippen LogP contribution in [0, 0.1) is 0 Å². The Morgan fingerprint density at radius 3 is 2.00 bits per heavy atom. The van der Waals surface area contributed by atoms with Crippen LogP contribution in [0.1, 0.15) is 5.56 Å². The number of rotatable bonds is 6. The maximum atomic E-state index is 10.4. The summed E-state index contributed by atoms with van der Waals surface area (Å²) in [5.41, 5.74) is 3.47. The molecule has 0 fully saturated rings. The molecule has 2 aromatic carbocycles. The number of ether oxygens (including phenoxy) is 1. The third kappa shape index (κ3) is 4.61. The second-order valence-corrected chi connectivity index (χ2v) is 5.14. The summed E-state index contributed by atoms with van der Waals surface area (Å²) in [4.78, 5) is 12.6. The van der Waals surface area contributed by atoms with Gasteiger partial charge < -0.3 is 14.7 Å². The number of carboxylic acids is 1. The van der Waals surface area contributed by atoms with E-state index in [1.165, 1.54) is 5.56 Å². The molecule has 0 radical (unpaired) electrons. The van der Waals surface area contributed by atoms with Crippen LogP contribution in [0.4, 0.5) is 0 Å². The van der Waals surface area contributed by atoms with Gasteiger partial charge in [-0.05, 0) is 42.9 Å². The fraction of sp³-hybridized carbons (Fsp3) is 0.235. The first-order valence-corrected chi connectivity index (χ1v) is 6.73. The molecule has 0 spiro atoms. The van der Waals surface area contributed by atoms with E-state index >= 15 is 0 Å². The number of nitrogens with zero attached hydrogens (tertiary/aromatic N) is 1. The van der Waals surface area contributed by atoms with Crippen molar-refractivity contribution in [3.63, 3.8) is 0 Å². The molecule has 4 nitrogen and oxygen atoms in total. The van der Waals surface area contributed by atoms with Crippen molar-refractivity contribution in [3.8, 4) is 16.9 Å². The molecule has 2 aromatic rings. The molecule has 0 bridgehead atoms. The van der Waals surface area contributed by atoms with E-state index in [4.69, 9.17) is 9.84 Å². The Morgan fingerprint density at radius 1 is 1.00 bits per heavy atom. The van der Waals surface area contributed by atoms with E-state index in [1.807, 2.05) is 26.2 Å². The van der Waals surface area contributed by atoms with Gasteiger partial charge in [0.1, 0.15) is 5.75 Å². The highest BCUT2D eigenvalue weighted by atomic mass is 16.5. The van der Waals surface area contributed by atoms with Crippen LogP contribution in [0.5, 0.6) is 5.75 Å². The van der Waals surface area contributed by atoms with Crippen LogP contribution in [0.25, 0.3) is 11.1 Å². The van der Waals surface area contributed by atoms with Crippen LogP contribution in [0.15, 0.2) is 48.5 Å². The minimum absolute atomic E-state index is 0.321. The van der Waals surface area contributed by atoms with Gasteiger partial charge in [-0.25, -0.2) is 4.79 Å². The highest BCUT2D eigenvalue weighted by Gasteiger charge is 2.02. The van der Waals surface area contributed by atoms with Crippen LogP contribution in [-0.4, -0.2) is 36.7 Å². The molecule has 0 aliphatic rings. The number of carboxylic acid groups (broad SMARTS) is 1. The lowest BCUT2D eigenvalue weighted by molar-refractivity contribution is -0.139. The molecule has 0 saturated heterocycles. The monoisotopic (exact) mass is 285 g/mol. The minimum atomic E-state index is -0.976. The molecule has 0 amide bonds. The van der Waals surface area contributed by atoms with Gasteiger partial charge in [0.05, 0.1) is 0 Å². The number of carbonyl (C=O) groups is 1. The fourth-order valence-corrected chi connectivity index (χ4v) is 2.06. The summed E-state index contributed by atoms with van der Waals surface area (Å²) >= 11 is 0. The van der Waals surface area contributed by atoms with Gasteiger partial charge in [0.25, 0.3) is 0 Å². The maximum Gasteiger partial charge on any atom is 0.341 e. The van der Waals surface area contributed by atoms with Gasteiger partial charge in [0.2, 0.25) is 0 Å². The molecule has 0 saturated carbocycles. The lowest BCUT2D eigenvalue weighted by Crippen LogP contribution is -2.10. The highest BCUT2D eigenvalue weighted by molar-refractivity contribution is 5.68. The average molecular weight is 285 g/mol. The molecule has 0 aromatic heterocycles. The third-order valence-corrected chi connectivity index (χ3v) is 3.00. The smallest absolute Gasteiger partial charge is 0.341 e. The zero-order valence-corrected chi connectivity index (χ0v) is 12.2. The Bertz CT molecular complexity index is 588. The summed E-state index contributed by atoms with van der Waals surface area (Å²) in [5, 5.41) is 8.57. The Morgan fingerprint density at radius 2 is 1.52 bits per heavy atom. The van der Waals surface area contributed by atoms with Crippen molar-refractivity contribution in [1.82, 2.24) is 4.90 Å². The normalized spacial score (nSPS) is 10.6. The molecule has 2 rings (SSSR count). The van der Waals surface area contributed by atoms with E-state index in [-0.39, 0.29) is 6.61 Å². The molecule has 21 heavy (non-hydrogen) atoms. The molecular weight excluding hydrogens is 266 g/mol. The van der Waals surface area contributed by atoms with Crippen LogP contribution >= 0.6 is 0 Å². The highest BCUT2D eigenvalue weighted by Crippen LogP contribution is 2.23. The molecule has 0 heterocycles. The van der Waals surface area contributed by atoms with Crippen molar-refractivity contribution in [2.24, 2.45) is 0 Å².